The summed E-state index contributed by atoms with van der Waals surface area (Å²) >= 11 is 0. The van der Waals surface area contributed by atoms with E-state index in [4.69, 9.17) is 15.9 Å². The van der Waals surface area contributed by atoms with E-state index in [1.54, 1.807) is 0 Å². The lowest BCUT2D eigenvalue weighted by Crippen LogP contribution is -2.48. The first-order valence-electron chi connectivity index (χ1n) is 5.89. The molecule has 7 nitrogen and oxygen atoms in total. The second-order valence-electron chi connectivity index (χ2n) is 4.08. The van der Waals surface area contributed by atoms with Crippen LogP contribution >= 0.6 is 0 Å². The van der Waals surface area contributed by atoms with Gasteiger partial charge in [0.1, 0.15) is 6.04 Å². The molecule has 2 atom stereocenters. The monoisotopic (exact) mass is 260 g/mol. The second-order valence-corrected chi connectivity index (χ2v) is 4.08. The van der Waals surface area contributed by atoms with Gasteiger partial charge in [0.05, 0.1) is 6.04 Å². The Bertz CT molecular complexity index is 306. The maximum atomic E-state index is 11.5. The molecule has 7 heteroatoms. The number of hydrogen-bond acceptors (Lipinski definition) is 4. The Hall–Kier alpha value is -1.63. The van der Waals surface area contributed by atoms with Crippen LogP contribution in [0.4, 0.5) is 0 Å². The van der Waals surface area contributed by atoms with E-state index in [1.165, 1.54) is 0 Å². The van der Waals surface area contributed by atoms with Gasteiger partial charge in [-0.1, -0.05) is 19.8 Å². The fourth-order valence-electron chi connectivity index (χ4n) is 1.35. The van der Waals surface area contributed by atoms with E-state index in [9.17, 15) is 14.4 Å². The van der Waals surface area contributed by atoms with Crippen molar-refractivity contribution in [2.45, 2.75) is 51.1 Å². The molecule has 0 rings (SSSR count). The zero-order valence-corrected chi connectivity index (χ0v) is 10.4. The molecule has 0 bridgehead atoms. The molecule has 1 amide bonds. The molecule has 0 heterocycles. The minimum atomic E-state index is -1.11. The molecule has 0 aromatic rings. The first-order valence-corrected chi connectivity index (χ1v) is 5.89. The number of nitrogens with two attached hydrogens (primary N) is 1. The number of unbranched alkanes of at least 4 members (excludes halogenated alkanes) is 1. The van der Waals surface area contributed by atoms with Crippen LogP contribution in [0, 0.1) is 0 Å². The number of hydrogen-bond donors (Lipinski definition) is 4. The van der Waals surface area contributed by atoms with Crippen LogP contribution in [-0.4, -0.2) is 40.1 Å². The van der Waals surface area contributed by atoms with Gasteiger partial charge in [0, 0.05) is 6.42 Å². The van der Waals surface area contributed by atoms with Gasteiger partial charge in [-0.05, 0) is 12.8 Å². The molecule has 0 aliphatic carbocycles. The maximum absolute atomic E-state index is 11.5. The van der Waals surface area contributed by atoms with Gasteiger partial charge in [-0.3, -0.25) is 9.59 Å². The highest BCUT2D eigenvalue weighted by molar-refractivity contribution is 5.87. The number of rotatable bonds is 9. The van der Waals surface area contributed by atoms with Crippen LogP contribution in [0.25, 0.3) is 0 Å². The molecular weight excluding hydrogens is 240 g/mol. The van der Waals surface area contributed by atoms with Gasteiger partial charge in [0.15, 0.2) is 0 Å². The highest BCUT2D eigenvalue weighted by Crippen LogP contribution is 2.02. The Balaban J connectivity index is 4.22. The smallest absolute Gasteiger partial charge is 0.326 e. The predicted octanol–water partition coefficient (Wildman–Crippen LogP) is -0.0619. The number of carboxylic acids is 2. The highest BCUT2D eigenvalue weighted by atomic mass is 16.4. The molecule has 0 aliphatic rings. The number of carbonyl (C=O) groups excluding carboxylic acids is 1. The van der Waals surface area contributed by atoms with Crippen molar-refractivity contribution in [2.24, 2.45) is 5.73 Å². The standard InChI is InChI=1S/C11H20N2O5/c1-2-3-4-8(11(17)18)13-10(16)7(12)5-6-9(14)15/h7-8H,2-6,12H2,1H3,(H,13,16)(H,14,15)(H,17,18)/t7?,8-/m0/s1. The zero-order valence-electron chi connectivity index (χ0n) is 10.4. The minimum Gasteiger partial charge on any atom is -0.481 e. The van der Waals surface area contributed by atoms with Crippen LogP contribution in [0.5, 0.6) is 0 Å². The molecule has 0 aromatic heterocycles. The topological polar surface area (TPSA) is 130 Å². The summed E-state index contributed by atoms with van der Waals surface area (Å²) in [5.41, 5.74) is 5.47. The maximum Gasteiger partial charge on any atom is 0.326 e. The van der Waals surface area contributed by atoms with Crippen molar-refractivity contribution in [3.05, 3.63) is 0 Å². The summed E-state index contributed by atoms with van der Waals surface area (Å²) in [6, 6.07) is -1.96. The summed E-state index contributed by atoms with van der Waals surface area (Å²) in [6.07, 6.45) is 1.61. The van der Waals surface area contributed by atoms with E-state index in [-0.39, 0.29) is 12.8 Å². The fourth-order valence-corrected chi connectivity index (χ4v) is 1.35. The summed E-state index contributed by atoms with van der Waals surface area (Å²) in [6.45, 7) is 1.92. The number of nitrogens with one attached hydrogen (secondary N) is 1. The van der Waals surface area contributed by atoms with Crippen molar-refractivity contribution in [1.82, 2.24) is 5.32 Å². The van der Waals surface area contributed by atoms with Crippen molar-refractivity contribution < 1.29 is 24.6 Å². The normalized spacial score (nSPS) is 13.7. The van der Waals surface area contributed by atoms with Crippen molar-refractivity contribution in [1.29, 1.82) is 0 Å². The van der Waals surface area contributed by atoms with Crippen molar-refractivity contribution in [2.75, 3.05) is 0 Å². The highest BCUT2D eigenvalue weighted by Gasteiger charge is 2.22. The van der Waals surface area contributed by atoms with Crippen LogP contribution in [0.2, 0.25) is 0 Å². The molecule has 0 aliphatic heterocycles. The van der Waals surface area contributed by atoms with E-state index < -0.39 is 29.9 Å². The number of amides is 1. The fraction of sp³-hybridized carbons (Fsp3) is 0.727. The molecule has 1 unspecified atom stereocenters. The molecule has 18 heavy (non-hydrogen) atoms. The first kappa shape index (κ1) is 16.4. The van der Waals surface area contributed by atoms with Gasteiger partial charge in [-0.15, -0.1) is 0 Å². The van der Waals surface area contributed by atoms with Crippen molar-refractivity contribution >= 4 is 17.8 Å². The van der Waals surface area contributed by atoms with Crippen LogP contribution in [-0.2, 0) is 14.4 Å². The minimum absolute atomic E-state index is 0.0126. The SMILES string of the molecule is CCCC[C@H](NC(=O)C(N)CCC(=O)O)C(=O)O. The van der Waals surface area contributed by atoms with Gasteiger partial charge in [-0.25, -0.2) is 4.79 Å². The van der Waals surface area contributed by atoms with Crippen molar-refractivity contribution in [3.63, 3.8) is 0 Å². The molecule has 0 fully saturated rings. The van der Waals surface area contributed by atoms with Crippen LogP contribution < -0.4 is 11.1 Å². The van der Waals surface area contributed by atoms with E-state index in [0.29, 0.717) is 12.8 Å². The molecular formula is C11H20N2O5. The van der Waals surface area contributed by atoms with Gasteiger partial charge < -0.3 is 21.3 Å². The molecule has 0 saturated carbocycles. The van der Waals surface area contributed by atoms with Crippen molar-refractivity contribution in [3.8, 4) is 0 Å². The molecule has 0 saturated heterocycles. The quantitative estimate of drug-likeness (QED) is 0.459. The molecule has 104 valence electrons. The Kier molecular flexibility index (Phi) is 7.69. The lowest BCUT2D eigenvalue weighted by atomic mass is 10.1. The first-order chi connectivity index (χ1) is 8.38. The van der Waals surface area contributed by atoms with Crippen LogP contribution in [0.3, 0.4) is 0 Å². The Morgan fingerprint density at radius 2 is 1.83 bits per heavy atom. The van der Waals surface area contributed by atoms with E-state index >= 15 is 0 Å². The Labute approximate surface area is 105 Å². The van der Waals surface area contributed by atoms with E-state index in [2.05, 4.69) is 5.32 Å². The molecule has 0 radical (unpaired) electrons. The third-order valence-electron chi connectivity index (χ3n) is 2.47. The average molecular weight is 260 g/mol. The number of carboxylic acid groups (broad SMARTS) is 2. The van der Waals surface area contributed by atoms with Gasteiger partial charge >= 0.3 is 11.9 Å². The predicted molar refractivity (Wildman–Crippen MR) is 63.9 cm³/mol. The lowest BCUT2D eigenvalue weighted by Gasteiger charge is -2.17. The zero-order chi connectivity index (χ0) is 14.1. The van der Waals surface area contributed by atoms with Gasteiger partial charge in [0.25, 0.3) is 0 Å². The Morgan fingerprint density at radius 1 is 1.22 bits per heavy atom. The third kappa shape index (κ3) is 6.85. The van der Waals surface area contributed by atoms with Crippen LogP contribution in [0.15, 0.2) is 0 Å². The number of aliphatic carboxylic acids is 2. The average Bonchev–Trinajstić information content (AvgIpc) is 2.30. The molecule has 5 N–H and O–H groups in total. The summed E-state index contributed by atoms with van der Waals surface area (Å²) in [7, 11) is 0. The summed E-state index contributed by atoms with van der Waals surface area (Å²) in [5.74, 6) is -2.78. The summed E-state index contributed by atoms with van der Waals surface area (Å²) in [4.78, 5) is 32.7. The largest absolute Gasteiger partial charge is 0.481 e. The Morgan fingerprint density at radius 3 is 2.28 bits per heavy atom. The summed E-state index contributed by atoms with van der Waals surface area (Å²) in [5, 5.41) is 19.7. The van der Waals surface area contributed by atoms with Crippen LogP contribution in [0.1, 0.15) is 39.0 Å². The summed E-state index contributed by atoms with van der Waals surface area (Å²) < 4.78 is 0. The van der Waals surface area contributed by atoms with E-state index in [0.717, 1.165) is 6.42 Å². The van der Waals surface area contributed by atoms with E-state index in [1.807, 2.05) is 6.92 Å². The molecule has 0 aromatic carbocycles. The second kappa shape index (κ2) is 8.46. The van der Waals surface area contributed by atoms with Gasteiger partial charge in [-0.2, -0.15) is 0 Å². The number of carbonyl (C=O) groups is 3. The van der Waals surface area contributed by atoms with Gasteiger partial charge in [0.2, 0.25) is 5.91 Å². The third-order valence-corrected chi connectivity index (χ3v) is 2.47. The molecule has 0 spiro atoms. The lowest BCUT2D eigenvalue weighted by molar-refractivity contribution is -0.142.